The number of amidine groups is 1. The van der Waals surface area contributed by atoms with Gasteiger partial charge in [-0.2, -0.15) is 13.2 Å². The Morgan fingerprint density at radius 3 is 2.38 bits per heavy atom. The minimum absolute atomic E-state index is 0.188. The Labute approximate surface area is 117 Å². The topological polar surface area (TPSA) is 88.0 Å². The maximum absolute atomic E-state index is 12.9. The van der Waals surface area contributed by atoms with Gasteiger partial charge in [-0.25, -0.2) is 4.79 Å². The van der Waals surface area contributed by atoms with E-state index in [1.165, 1.54) is 0 Å². The van der Waals surface area contributed by atoms with Crippen molar-refractivity contribution < 1.29 is 32.7 Å². The van der Waals surface area contributed by atoms with Gasteiger partial charge >= 0.3 is 12.1 Å². The van der Waals surface area contributed by atoms with Gasteiger partial charge in [-0.1, -0.05) is 5.16 Å². The van der Waals surface area contributed by atoms with Crippen molar-refractivity contribution in [2.75, 3.05) is 7.11 Å². The van der Waals surface area contributed by atoms with Gasteiger partial charge < -0.3 is 15.3 Å². The molecule has 0 aromatic heterocycles. The van der Waals surface area contributed by atoms with Gasteiger partial charge in [0.15, 0.2) is 5.84 Å². The monoisotopic (exact) mass is 304 g/mol. The molecule has 0 atom stereocenters. The maximum atomic E-state index is 12.9. The summed E-state index contributed by atoms with van der Waals surface area (Å²) in [5.41, 5.74) is -2.01. The van der Waals surface area contributed by atoms with E-state index in [0.717, 1.165) is 26.2 Å². The average molecular weight is 304 g/mol. The van der Waals surface area contributed by atoms with Crippen molar-refractivity contribution in [1.29, 1.82) is 0 Å². The predicted molar refractivity (Wildman–Crippen MR) is 64.9 cm³/mol. The first kappa shape index (κ1) is 16.5. The number of esters is 1. The molecular weight excluding hydrogens is 293 g/mol. The Morgan fingerprint density at radius 1 is 1.33 bits per heavy atom. The molecule has 1 aromatic rings. The lowest BCUT2D eigenvalue weighted by molar-refractivity contribution is -0.137. The van der Waals surface area contributed by atoms with Gasteiger partial charge in [-0.05, 0) is 18.2 Å². The fourth-order valence-corrected chi connectivity index (χ4v) is 1.55. The van der Waals surface area contributed by atoms with E-state index in [9.17, 15) is 22.8 Å². The highest BCUT2D eigenvalue weighted by Gasteiger charge is 2.35. The quantitative estimate of drug-likeness (QED) is 0.286. The zero-order valence-electron chi connectivity index (χ0n) is 11.0. The van der Waals surface area contributed by atoms with E-state index in [-0.39, 0.29) is 5.56 Å². The normalized spacial score (nSPS) is 12.0. The molecule has 0 unspecified atom stereocenters. The average Bonchev–Trinajstić information content (AvgIpc) is 2.42. The van der Waals surface area contributed by atoms with Gasteiger partial charge in [0, 0.05) is 12.5 Å². The van der Waals surface area contributed by atoms with Crippen molar-refractivity contribution in [3.05, 3.63) is 34.9 Å². The molecule has 0 radical (unpaired) electrons. The molecule has 0 aliphatic heterocycles. The standard InChI is InChI=1S/C12H11F3N2O4/c1-6(18)16-10(17-20)8-5-7(11(19)21-2)3-4-9(8)12(13,14)15/h3-5,20H,1-2H3,(H,16,17,18). The van der Waals surface area contributed by atoms with Crippen LogP contribution in [-0.2, 0) is 15.7 Å². The number of hydrogen-bond acceptors (Lipinski definition) is 5. The van der Waals surface area contributed by atoms with E-state index in [1.54, 1.807) is 0 Å². The van der Waals surface area contributed by atoms with Crippen LogP contribution in [0.2, 0.25) is 0 Å². The zero-order valence-corrected chi connectivity index (χ0v) is 11.0. The molecule has 0 bridgehead atoms. The van der Waals surface area contributed by atoms with Gasteiger partial charge in [0.25, 0.3) is 0 Å². The lowest BCUT2D eigenvalue weighted by Gasteiger charge is -2.14. The van der Waals surface area contributed by atoms with E-state index in [4.69, 9.17) is 5.21 Å². The van der Waals surface area contributed by atoms with Gasteiger partial charge in [-0.3, -0.25) is 4.79 Å². The summed E-state index contributed by atoms with van der Waals surface area (Å²) < 4.78 is 43.2. The van der Waals surface area contributed by atoms with Gasteiger partial charge in [0.05, 0.1) is 18.2 Å². The van der Waals surface area contributed by atoms with Crippen LogP contribution in [-0.4, -0.2) is 30.0 Å². The molecule has 0 fully saturated rings. The number of methoxy groups -OCH3 is 1. The lowest BCUT2D eigenvalue weighted by atomic mass is 10.0. The molecule has 21 heavy (non-hydrogen) atoms. The molecule has 0 saturated heterocycles. The number of nitrogens with one attached hydrogen (secondary N) is 1. The molecule has 0 aliphatic rings. The van der Waals surface area contributed by atoms with Crippen LogP contribution in [0.15, 0.2) is 23.4 Å². The summed E-state index contributed by atoms with van der Waals surface area (Å²) in [6, 6.07) is 2.37. The second kappa shape index (κ2) is 6.25. The number of amides is 1. The summed E-state index contributed by atoms with van der Waals surface area (Å²) in [6.07, 6.45) is -4.77. The van der Waals surface area contributed by atoms with Crippen molar-refractivity contribution in [3.63, 3.8) is 0 Å². The van der Waals surface area contributed by atoms with Crippen LogP contribution in [0.1, 0.15) is 28.4 Å². The molecule has 9 heteroatoms. The highest BCUT2D eigenvalue weighted by molar-refractivity contribution is 6.09. The van der Waals surface area contributed by atoms with Crippen molar-refractivity contribution in [2.45, 2.75) is 13.1 Å². The van der Waals surface area contributed by atoms with Crippen molar-refractivity contribution in [1.82, 2.24) is 5.32 Å². The zero-order chi connectivity index (χ0) is 16.2. The number of hydrogen-bond donors (Lipinski definition) is 2. The second-order valence-corrected chi connectivity index (χ2v) is 3.88. The number of rotatable bonds is 2. The molecule has 0 saturated carbocycles. The van der Waals surface area contributed by atoms with Crippen LogP contribution in [0.25, 0.3) is 0 Å². The van der Waals surface area contributed by atoms with Crippen LogP contribution in [0.3, 0.4) is 0 Å². The van der Waals surface area contributed by atoms with Gasteiger partial charge in [0.1, 0.15) is 0 Å². The van der Waals surface area contributed by atoms with Crippen LogP contribution >= 0.6 is 0 Å². The third-order valence-corrected chi connectivity index (χ3v) is 2.40. The van der Waals surface area contributed by atoms with Gasteiger partial charge in [-0.15, -0.1) is 0 Å². The Morgan fingerprint density at radius 2 is 1.95 bits per heavy atom. The fraction of sp³-hybridized carbons (Fsp3) is 0.250. The van der Waals surface area contributed by atoms with Crippen LogP contribution in [0.4, 0.5) is 13.2 Å². The van der Waals surface area contributed by atoms with Crippen molar-refractivity contribution in [2.24, 2.45) is 5.16 Å². The SMILES string of the molecule is COC(=O)c1ccc(C(F)(F)F)c(C(=NO)NC(C)=O)c1. The van der Waals surface area contributed by atoms with Gasteiger partial charge in [0.2, 0.25) is 5.91 Å². The van der Waals surface area contributed by atoms with E-state index >= 15 is 0 Å². The molecule has 114 valence electrons. The number of benzene rings is 1. The third kappa shape index (κ3) is 3.94. The molecule has 1 rings (SSSR count). The fourth-order valence-electron chi connectivity index (χ4n) is 1.55. The highest BCUT2D eigenvalue weighted by Crippen LogP contribution is 2.32. The summed E-state index contributed by atoms with van der Waals surface area (Å²) in [5.74, 6) is -2.33. The molecule has 0 heterocycles. The molecule has 1 amide bonds. The van der Waals surface area contributed by atoms with Crippen molar-refractivity contribution in [3.8, 4) is 0 Å². The van der Waals surface area contributed by atoms with E-state index in [1.807, 2.05) is 5.32 Å². The number of halogens is 3. The summed E-state index contributed by atoms with van der Waals surface area (Å²) in [5, 5.41) is 13.4. The van der Waals surface area contributed by atoms with Crippen LogP contribution < -0.4 is 5.32 Å². The summed E-state index contributed by atoms with van der Waals surface area (Å²) in [6.45, 7) is 1.03. The molecule has 0 spiro atoms. The summed E-state index contributed by atoms with van der Waals surface area (Å²) in [7, 11) is 1.06. The molecule has 2 N–H and O–H groups in total. The Kier molecular flexibility index (Phi) is 4.90. The van der Waals surface area contributed by atoms with Crippen LogP contribution in [0.5, 0.6) is 0 Å². The molecule has 6 nitrogen and oxygen atoms in total. The number of carbonyl (C=O) groups is 2. The van der Waals surface area contributed by atoms with Crippen molar-refractivity contribution >= 4 is 17.7 Å². The molecular formula is C12H11F3N2O4. The minimum atomic E-state index is -4.77. The smallest absolute Gasteiger partial charge is 0.417 e. The predicted octanol–water partition coefficient (Wildman–Crippen LogP) is 1.76. The lowest BCUT2D eigenvalue weighted by Crippen LogP contribution is -2.31. The first-order valence-corrected chi connectivity index (χ1v) is 5.50. The van der Waals surface area contributed by atoms with E-state index in [0.29, 0.717) is 6.07 Å². The Bertz CT molecular complexity index is 597. The first-order valence-electron chi connectivity index (χ1n) is 5.50. The highest BCUT2D eigenvalue weighted by atomic mass is 19.4. The third-order valence-electron chi connectivity index (χ3n) is 2.40. The largest absolute Gasteiger partial charge is 0.465 e. The Balaban J connectivity index is 3.48. The summed E-state index contributed by atoms with van der Waals surface area (Å²) >= 11 is 0. The number of carbonyl (C=O) groups excluding carboxylic acids is 2. The van der Waals surface area contributed by atoms with E-state index < -0.39 is 35.0 Å². The minimum Gasteiger partial charge on any atom is -0.465 e. The molecule has 0 aliphatic carbocycles. The van der Waals surface area contributed by atoms with Crippen LogP contribution in [0, 0.1) is 0 Å². The Hall–Kier alpha value is -2.58. The second-order valence-electron chi connectivity index (χ2n) is 3.88. The number of ether oxygens (including phenoxy) is 1. The number of nitrogens with zero attached hydrogens (tertiary/aromatic N) is 1. The summed E-state index contributed by atoms with van der Waals surface area (Å²) in [4.78, 5) is 22.3. The maximum Gasteiger partial charge on any atom is 0.417 e. The van der Waals surface area contributed by atoms with E-state index in [2.05, 4.69) is 9.89 Å². The molecule has 1 aromatic carbocycles. The number of oxime groups is 1. The number of alkyl halides is 3. The first-order chi connectivity index (χ1) is 9.70.